The van der Waals surface area contributed by atoms with Gasteiger partial charge in [-0.05, 0) is 24.0 Å². The van der Waals surface area contributed by atoms with Crippen molar-refractivity contribution < 1.29 is 4.79 Å². The van der Waals surface area contributed by atoms with Gasteiger partial charge in [-0.2, -0.15) is 0 Å². The first-order valence-corrected chi connectivity index (χ1v) is 6.20. The highest BCUT2D eigenvalue weighted by Crippen LogP contribution is 2.27. The van der Waals surface area contributed by atoms with E-state index >= 15 is 0 Å². The van der Waals surface area contributed by atoms with Gasteiger partial charge in [-0.3, -0.25) is 9.78 Å². The minimum atomic E-state index is 0.0858. The number of carbonyl (C=O) groups is 1. The van der Waals surface area contributed by atoms with Gasteiger partial charge in [-0.1, -0.05) is 26.8 Å². The van der Waals surface area contributed by atoms with Gasteiger partial charge in [0.25, 0.3) is 0 Å². The van der Waals surface area contributed by atoms with E-state index in [1.807, 2.05) is 6.20 Å². The van der Waals surface area contributed by atoms with Crippen LogP contribution in [0.3, 0.4) is 0 Å². The van der Waals surface area contributed by atoms with Gasteiger partial charge in [-0.25, -0.2) is 0 Å². The molecule has 1 aliphatic heterocycles. The first-order chi connectivity index (χ1) is 7.97. The van der Waals surface area contributed by atoms with Crippen molar-refractivity contribution in [3.63, 3.8) is 0 Å². The molecule has 1 N–H and O–H groups in total. The number of rotatable bonds is 1. The maximum atomic E-state index is 11.3. The van der Waals surface area contributed by atoms with Crippen molar-refractivity contribution in [2.24, 2.45) is 0 Å². The molecule has 3 heteroatoms. The highest BCUT2D eigenvalue weighted by atomic mass is 16.1. The molecule has 2 rings (SSSR count). The van der Waals surface area contributed by atoms with Gasteiger partial charge in [0.05, 0.1) is 0 Å². The van der Waals surface area contributed by atoms with Crippen LogP contribution in [0.5, 0.6) is 0 Å². The summed E-state index contributed by atoms with van der Waals surface area (Å²) < 4.78 is 0. The molecule has 17 heavy (non-hydrogen) atoms. The monoisotopic (exact) mass is 232 g/mol. The number of hydrogen-bond donors (Lipinski definition) is 1. The summed E-state index contributed by atoms with van der Waals surface area (Å²) in [6.07, 6.45) is 3.54. The Hall–Kier alpha value is -1.38. The van der Waals surface area contributed by atoms with Gasteiger partial charge in [-0.15, -0.1) is 0 Å². The predicted octanol–water partition coefficient (Wildman–Crippen LogP) is 2.37. The fraction of sp³-hybridized carbons (Fsp3) is 0.571. The number of carbonyl (C=O) groups excluding carboxylic acids is 1. The van der Waals surface area contributed by atoms with Crippen LogP contribution >= 0.6 is 0 Å². The predicted molar refractivity (Wildman–Crippen MR) is 67.9 cm³/mol. The molecular weight excluding hydrogens is 212 g/mol. The Balaban J connectivity index is 2.15. The number of nitrogens with zero attached hydrogens (tertiary/aromatic N) is 1. The SMILES string of the molecule is CC(C)(C)c1ccc(C2CCNC(=O)C2)cn1. The molecule has 1 amide bonds. The summed E-state index contributed by atoms with van der Waals surface area (Å²) in [6, 6.07) is 4.21. The van der Waals surface area contributed by atoms with Crippen LogP contribution in [-0.2, 0) is 10.2 Å². The van der Waals surface area contributed by atoms with E-state index in [0.717, 1.165) is 18.7 Å². The standard InChI is InChI=1S/C14H20N2O/c1-14(2,3)12-5-4-11(9-16-12)10-6-7-15-13(17)8-10/h4-5,9-10H,6-8H2,1-3H3,(H,15,17). The normalized spacial score (nSPS) is 21.1. The topological polar surface area (TPSA) is 42.0 Å². The smallest absolute Gasteiger partial charge is 0.220 e. The van der Waals surface area contributed by atoms with Crippen LogP contribution in [0.15, 0.2) is 18.3 Å². The lowest BCUT2D eigenvalue weighted by Crippen LogP contribution is -2.32. The molecule has 0 spiro atoms. The number of piperidine rings is 1. The molecule has 0 aromatic carbocycles. The largest absolute Gasteiger partial charge is 0.356 e. The van der Waals surface area contributed by atoms with Crippen LogP contribution in [0.4, 0.5) is 0 Å². The molecule has 2 heterocycles. The lowest BCUT2D eigenvalue weighted by atomic mass is 9.88. The van der Waals surface area contributed by atoms with E-state index in [0.29, 0.717) is 12.3 Å². The summed E-state index contributed by atoms with van der Waals surface area (Å²) in [7, 11) is 0. The van der Waals surface area contributed by atoms with Gasteiger partial charge >= 0.3 is 0 Å². The summed E-state index contributed by atoms with van der Waals surface area (Å²) >= 11 is 0. The molecular formula is C14H20N2O. The fourth-order valence-corrected chi connectivity index (χ4v) is 2.16. The third kappa shape index (κ3) is 2.84. The van der Waals surface area contributed by atoms with Crippen molar-refractivity contribution >= 4 is 5.91 Å². The van der Waals surface area contributed by atoms with E-state index in [4.69, 9.17) is 0 Å². The van der Waals surface area contributed by atoms with Crippen LogP contribution in [0.1, 0.15) is 50.8 Å². The summed E-state index contributed by atoms with van der Waals surface area (Å²) in [5, 5.41) is 2.86. The minimum Gasteiger partial charge on any atom is -0.356 e. The molecule has 1 aromatic heterocycles. The van der Waals surface area contributed by atoms with Crippen LogP contribution in [-0.4, -0.2) is 17.4 Å². The van der Waals surface area contributed by atoms with Crippen molar-refractivity contribution in [2.75, 3.05) is 6.54 Å². The van der Waals surface area contributed by atoms with E-state index < -0.39 is 0 Å². The van der Waals surface area contributed by atoms with Crippen molar-refractivity contribution in [2.45, 2.75) is 44.9 Å². The number of aromatic nitrogens is 1. The van der Waals surface area contributed by atoms with E-state index in [-0.39, 0.29) is 11.3 Å². The lowest BCUT2D eigenvalue weighted by Gasteiger charge is -2.23. The zero-order chi connectivity index (χ0) is 12.5. The molecule has 1 saturated heterocycles. The van der Waals surface area contributed by atoms with Gasteiger partial charge in [0.2, 0.25) is 5.91 Å². The molecule has 1 aromatic rings. The Morgan fingerprint density at radius 2 is 2.12 bits per heavy atom. The van der Waals surface area contributed by atoms with E-state index in [1.165, 1.54) is 5.56 Å². The molecule has 92 valence electrons. The Morgan fingerprint density at radius 1 is 1.35 bits per heavy atom. The number of amides is 1. The molecule has 0 bridgehead atoms. The number of hydrogen-bond acceptors (Lipinski definition) is 2. The summed E-state index contributed by atoms with van der Waals surface area (Å²) in [6.45, 7) is 7.25. The first-order valence-electron chi connectivity index (χ1n) is 6.20. The van der Waals surface area contributed by atoms with E-state index in [1.54, 1.807) is 0 Å². The van der Waals surface area contributed by atoms with Crippen LogP contribution in [0.25, 0.3) is 0 Å². The van der Waals surface area contributed by atoms with Crippen molar-refractivity contribution in [1.82, 2.24) is 10.3 Å². The molecule has 1 atom stereocenters. The van der Waals surface area contributed by atoms with Crippen molar-refractivity contribution in [3.8, 4) is 0 Å². The molecule has 3 nitrogen and oxygen atoms in total. The van der Waals surface area contributed by atoms with Crippen LogP contribution in [0, 0.1) is 0 Å². The quantitative estimate of drug-likeness (QED) is 0.807. The maximum Gasteiger partial charge on any atom is 0.220 e. The lowest BCUT2D eigenvalue weighted by molar-refractivity contribution is -0.122. The average Bonchev–Trinajstić information content (AvgIpc) is 2.28. The second-order valence-corrected chi connectivity index (χ2v) is 5.77. The summed E-state index contributed by atoms with van der Waals surface area (Å²) in [5.74, 6) is 0.492. The van der Waals surface area contributed by atoms with E-state index in [2.05, 4.69) is 43.2 Å². The molecule has 0 saturated carbocycles. The molecule has 1 unspecified atom stereocenters. The van der Waals surface area contributed by atoms with Crippen LogP contribution in [0.2, 0.25) is 0 Å². The second kappa shape index (κ2) is 4.47. The Morgan fingerprint density at radius 3 is 2.65 bits per heavy atom. The van der Waals surface area contributed by atoms with E-state index in [9.17, 15) is 4.79 Å². The molecule has 1 fully saturated rings. The number of nitrogens with one attached hydrogen (secondary N) is 1. The van der Waals surface area contributed by atoms with Gasteiger partial charge in [0.1, 0.15) is 0 Å². The third-order valence-corrected chi connectivity index (χ3v) is 3.27. The van der Waals surface area contributed by atoms with Gasteiger partial charge in [0.15, 0.2) is 0 Å². The average molecular weight is 232 g/mol. The minimum absolute atomic E-state index is 0.0858. The summed E-state index contributed by atoms with van der Waals surface area (Å²) in [5.41, 5.74) is 2.37. The Bertz CT molecular complexity index is 403. The Kier molecular flexibility index (Phi) is 3.18. The molecule has 0 aliphatic carbocycles. The molecule has 0 radical (unpaired) electrons. The highest BCUT2D eigenvalue weighted by molar-refractivity contribution is 5.77. The van der Waals surface area contributed by atoms with Crippen molar-refractivity contribution in [3.05, 3.63) is 29.6 Å². The zero-order valence-electron chi connectivity index (χ0n) is 10.8. The fourth-order valence-electron chi connectivity index (χ4n) is 2.16. The number of pyridine rings is 1. The second-order valence-electron chi connectivity index (χ2n) is 5.77. The third-order valence-electron chi connectivity index (χ3n) is 3.27. The first kappa shape index (κ1) is 12.1. The molecule has 1 aliphatic rings. The van der Waals surface area contributed by atoms with Crippen molar-refractivity contribution in [1.29, 1.82) is 0 Å². The summed E-state index contributed by atoms with van der Waals surface area (Å²) in [4.78, 5) is 15.9. The maximum absolute atomic E-state index is 11.3. The van der Waals surface area contributed by atoms with Crippen LogP contribution < -0.4 is 5.32 Å². The zero-order valence-corrected chi connectivity index (χ0v) is 10.8. The Labute approximate surface area is 103 Å². The van der Waals surface area contributed by atoms with Gasteiger partial charge in [0, 0.05) is 30.3 Å². The van der Waals surface area contributed by atoms with Gasteiger partial charge < -0.3 is 5.32 Å². The highest BCUT2D eigenvalue weighted by Gasteiger charge is 2.21.